The van der Waals surface area contributed by atoms with Gasteiger partial charge in [-0.15, -0.1) is 0 Å². The summed E-state index contributed by atoms with van der Waals surface area (Å²) in [5.41, 5.74) is 2.91. The number of hydrogen-bond acceptors (Lipinski definition) is 5. The van der Waals surface area contributed by atoms with Crippen LogP contribution in [0.3, 0.4) is 0 Å². The van der Waals surface area contributed by atoms with Crippen LogP contribution < -0.4 is 4.74 Å². The lowest BCUT2D eigenvalue weighted by Gasteiger charge is -2.20. The first kappa shape index (κ1) is 25.3. The number of fused-ring (bicyclic) bond motifs is 1. The Bertz CT molecular complexity index is 1360. The second kappa shape index (κ2) is 11.3. The fourth-order valence-corrected chi connectivity index (χ4v) is 4.40. The summed E-state index contributed by atoms with van der Waals surface area (Å²) in [6.07, 6.45) is 7.41. The topological polar surface area (TPSA) is 73.8 Å². The molecule has 0 atom stereocenters. The highest BCUT2D eigenvalue weighted by Gasteiger charge is 2.19. The molecule has 0 saturated carbocycles. The van der Waals surface area contributed by atoms with Crippen molar-refractivity contribution in [2.75, 3.05) is 27.2 Å². The molecule has 6 nitrogen and oxygen atoms in total. The number of pyridine rings is 1. The lowest BCUT2D eigenvalue weighted by atomic mass is 9.96. The maximum Gasteiger partial charge on any atom is 0.145 e. The minimum Gasteiger partial charge on any atom is -0.494 e. The second-order valence-corrected chi connectivity index (χ2v) is 8.75. The van der Waals surface area contributed by atoms with Crippen LogP contribution in [0, 0.1) is 23.0 Å². The number of hydrogen-bond donors (Lipinski definition) is 1. The molecule has 4 aromatic rings. The maximum absolute atomic E-state index is 14.4. The van der Waals surface area contributed by atoms with Crippen molar-refractivity contribution in [1.29, 1.82) is 5.26 Å². The van der Waals surface area contributed by atoms with E-state index in [2.05, 4.69) is 23.0 Å². The Hall–Kier alpha value is -3.80. The van der Waals surface area contributed by atoms with Crippen molar-refractivity contribution >= 4 is 5.52 Å². The van der Waals surface area contributed by atoms with Crippen LogP contribution >= 0.6 is 0 Å². The number of imidazole rings is 1. The van der Waals surface area contributed by atoms with Crippen molar-refractivity contribution in [1.82, 2.24) is 14.3 Å². The summed E-state index contributed by atoms with van der Waals surface area (Å²) in [6.45, 7) is 1.91. The number of aliphatic hydroxyl groups excluding tert-OH is 1. The highest BCUT2D eigenvalue weighted by molar-refractivity contribution is 5.86. The van der Waals surface area contributed by atoms with Crippen LogP contribution in [0.5, 0.6) is 5.75 Å². The zero-order chi connectivity index (χ0) is 25.7. The molecule has 186 valence electrons. The van der Waals surface area contributed by atoms with E-state index in [0.29, 0.717) is 28.1 Å². The Labute approximate surface area is 209 Å². The molecule has 0 spiro atoms. The predicted octanol–water partition coefficient (Wildman–Crippen LogP) is 5.42. The molecule has 36 heavy (non-hydrogen) atoms. The molecule has 2 aromatic carbocycles. The largest absolute Gasteiger partial charge is 0.494 e. The third-order valence-corrected chi connectivity index (χ3v) is 6.36. The molecule has 0 amide bonds. The summed E-state index contributed by atoms with van der Waals surface area (Å²) in [6, 6.07) is 13.0. The van der Waals surface area contributed by atoms with Crippen molar-refractivity contribution < 1.29 is 18.6 Å². The standard InChI is InChI=1S/C22H15F2N3O2.C6H13N/c1-29-21-8-16(14-4-2-13(9-25)3-5-14)22(27-12-26-10-20(21)27)15-6-18(23)17(11-28)19(24)7-15;1-7-5-3-2-4-6-7/h2-8,10,12,28H,11H2,1H3;2-6H2,1H3. The number of aliphatic hydroxyl groups is 1. The van der Waals surface area contributed by atoms with E-state index in [1.165, 1.54) is 57.9 Å². The van der Waals surface area contributed by atoms with Gasteiger partial charge in [-0.3, -0.25) is 4.40 Å². The molecule has 0 unspecified atom stereocenters. The molecule has 0 aliphatic carbocycles. The first-order valence-electron chi connectivity index (χ1n) is 11.8. The molecular weight excluding hydrogens is 462 g/mol. The number of nitriles is 1. The summed E-state index contributed by atoms with van der Waals surface area (Å²) in [5, 5.41) is 18.3. The van der Waals surface area contributed by atoms with Gasteiger partial charge in [-0.1, -0.05) is 18.6 Å². The van der Waals surface area contributed by atoms with Gasteiger partial charge in [-0.2, -0.15) is 5.26 Å². The van der Waals surface area contributed by atoms with Crippen LogP contribution in [0.4, 0.5) is 8.78 Å². The minimum atomic E-state index is -0.836. The van der Waals surface area contributed by atoms with Gasteiger partial charge in [-0.25, -0.2) is 13.8 Å². The van der Waals surface area contributed by atoms with Gasteiger partial charge >= 0.3 is 0 Å². The van der Waals surface area contributed by atoms with Gasteiger partial charge in [-0.05, 0) is 68.9 Å². The number of halogens is 2. The van der Waals surface area contributed by atoms with Crippen molar-refractivity contribution in [3.8, 4) is 34.2 Å². The predicted molar refractivity (Wildman–Crippen MR) is 135 cm³/mol. The molecule has 5 rings (SSSR count). The second-order valence-electron chi connectivity index (χ2n) is 8.75. The van der Waals surface area contributed by atoms with Gasteiger partial charge in [0.05, 0.1) is 43.6 Å². The number of benzene rings is 2. The average molecular weight is 491 g/mol. The van der Waals surface area contributed by atoms with E-state index in [4.69, 9.17) is 10.00 Å². The van der Waals surface area contributed by atoms with E-state index in [0.717, 1.165) is 5.56 Å². The van der Waals surface area contributed by atoms with Gasteiger partial charge in [0, 0.05) is 16.7 Å². The summed E-state index contributed by atoms with van der Waals surface area (Å²) in [4.78, 5) is 6.54. The number of methoxy groups -OCH3 is 1. The fraction of sp³-hybridized carbons (Fsp3) is 0.286. The van der Waals surface area contributed by atoms with Gasteiger partial charge < -0.3 is 14.7 Å². The van der Waals surface area contributed by atoms with Crippen molar-refractivity contribution in [3.05, 3.63) is 77.8 Å². The molecule has 3 heterocycles. The first-order chi connectivity index (χ1) is 17.5. The molecule has 1 saturated heterocycles. The van der Waals surface area contributed by atoms with E-state index >= 15 is 0 Å². The average Bonchev–Trinajstić information content (AvgIpc) is 3.38. The minimum absolute atomic E-state index is 0.280. The SMILES string of the molecule is CN1CCCCC1.COc1cc(-c2ccc(C#N)cc2)c(-c2cc(F)c(CO)c(F)c2)n2cncc12. The highest BCUT2D eigenvalue weighted by atomic mass is 19.1. The van der Waals surface area contributed by atoms with Crippen LogP contribution in [0.15, 0.2) is 55.0 Å². The molecule has 1 N–H and O–H groups in total. The Morgan fingerprint density at radius 3 is 2.22 bits per heavy atom. The Morgan fingerprint density at radius 2 is 1.69 bits per heavy atom. The zero-order valence-electron chi connectivity index (χ0n) is 20.3. The quantitative estimate of drug-likeness (QED) is 0.414. The molecule has 1 fully saturated rings. The molecule has 0 radical (unpaired) electrons. The summed E-state index contributed by atoms with van der Waals surface area (Å²) in [5.74, 6) is -1.13. The first-order valence-corrected chi connectivity index (χ1v) is 11.8. The Balaban J connectivity index is 0.000000375. The third-order valence-electron chi connectivity index (χ3n) is 6.36. The number of nitrogens with zero attached hydrogens (tertiary/aromatic N) is 4. The van der Waals surface area contributed by atoms with Crippen LogP contribution in [-0.4, -0.2) is 46.6 Å². The number of ether oxygens (including phenoxy) is 1. The van der Waals surface area contributed by atoms with E-state index in [1.54, 1.807) is 40.9 Å². The van der Waals surface area contributed by atoms with Crippen molar-refractivity contribution in [2.24, 2.45) is 0 Å². The fourth-order valence-electron chi connectivity index (χ4n) is 4.40. The summed E-state index contributed by atoms with van der Waals surface area (Å²) < 4.78 is 36.0. The monoisotopic (exact) mass is 490 g/mol. The normalized spacial score (nSPS) is 13.7. The van der Waals surface area contributed by atoms with Gasteiger partial charge in [0.15, 0.2) is 0 Å². The molecule has 8 heteroatoms. The smallest absolute Gasteiger partial charge is 0.145 e. The summed E-state index contributed by atoms with van der Waals surface area (Å²) >= 11 is 0. The van der Waals surface area contributed by atoms with Crippen molar-refractivity contribution in [2.45, 2.75) is 25.9 Å². The lowest BCUT2D eigenvalue weighted by Crippen LogP contribution is -2.24. The lowest BCUT2D eigenvalue weighted by molar-refractivity contribution is 0.269. The van der Waals surface area contributed by atoms with E-state index in [1.807, 2.05) is 0 Å². The van der Waals surface area contributed by atoms with Crippen LogP contribution in [-0.2, 0) is 6.61 Å². The number of likely N-dealkylation sites (tertiary alicyclic amines) is 1. The zero-order valence-corrected chi connectivity index (χ0v) is 20.3. The van der Waals surface area contributed by atoms with Gasteiger partial charge in [0.1, 0.15) is 22.9 Å². The molecule has 1 aliphatic rings. The van der Waals surface area contributed by atoms with Crippen LogP contribution in [0.2, 0.25) is 0 Å². The van der Waals surface area contributed by atoms with E-state index in [-0.39, 0.29) is 11.1 Å². The molecule has 2 aromatic heterocycles. The maximum atomic E-state index is 14.4. The highest BCUT2D eigenvalue weighted by Crippen LogP contribution is 2.38. The Morgan fingerprint density at radius 1 is 1.03 bits per heavy atom. The van der Waals surface area contributed by atoms with E-state index < -0.39 is 18.2 Å². The molecular formula is C28H28F2N4O2. The van der Waals surface area contributed by atoms with Crippen LogP contribution in [0.25, 0.3) is 27.9 Å². The van der Waals surface area contributed by atoms with E-state index in [9.17, 15) is 13.9 Å². The molecule has 0 bridgehead atoms. The van der Waals surface area contributed by atoms with Gasteiger partial charge in [0.25, 0.3) is 0 Å². The number of rotatable bonds is 4. The number of piperidine rings is 1. The third kappa shape index (κ3) is 5.23. The van der Waals surface area contributed by atoms with Gasteiger partial charge in [0.2, 0.25) is 0 Å². The molecule has 1 aliphatic heterocycles. The van der Waals surface area contributed by atoms with Crippen LogP contribution in [0.1, 0.15) is 30.4 Å². The number of aromatic nitrogens is 2. The van der Waals surface area contributed by atoms with Crippen molar-refractivity contribution in [3.63, 3.8) is 0 Å². The summed E-state index contributed by atoms with van der Waals surface area (Å²) in [7, 11) is 3.72. The Kier molecular flexibility index (Phi) is 7.93.